The van der Waals surface area contributed by atoms with Gasteiger partial charge in [-0.1, -0.05) is 12.1 Å². The van der Waals surface area contributed by atoms with Crippen LogP contribution in [0.3, 0.4) is 0 Å². The number of aromatic amines is 1. The lowest BCUT2D eigenvalue weighted by Gasteiger charge is -2.08. The van der Waals surface area contributed by atoms with Gasteiger partial charge in [-0.15, -0.1) is 0 Å². The first-order valence-electron chi connectivity index (χ1n) is 8.00. The van der Waals surface area contributed by atoms with Gasteiger partial charge in [-0.05, 0) is 54.4 Å². The lowest BCUT2D eigenvalue weighted by molar-refractivity contribution is -0.137. The number of hydrogen-bond donors (Lipinski definition) is 2. The topological polar surface area (TPSA) is 57.8 Å². The van der Waals surface area contributed by atoms with Crippen molar-refractivity contribution >= 4 is 5.91 Å². The highest BCUT2D eigenvalue weighted by molar-refractivity contribution is 5.93. The zero-order chi connectivity index (χ0) is 19.6. The first-order chi connectivity index (χ1) is 12.7. The molecule has 27 heavy (non-hydrogen) atoms. The van der Waals surface area contributed by atoms with Gasteiger partial charge in [0.2, 0.25) is 0 Å². The summed E-state index contributed by atoms with van der Waals surface area (Å²) in [4.78, 5) is 12.2. The smallest absolute Gasteiger partial charge is 0.347 e. The summed E-state index contributed by atoms with van der Waals surface area (Å²) in [5.41, 5.74) is 1.84. The van der Waals surface area contributed by atoms with E-state index in [-0.39, 0.29) is 18.1 Å². The molecule has 1 aromatic heterocycles. The molecule has 0 atom stereocenters. The number of benzene rings is 2. The van der Waals surface area contributed by atoms with Gasteiger partial charge in [-0.2, -0.15) is 18.3 Å². The summed E-state index contributed by atoms with van der Waals surface area (Å²) >= 11 is 0. The van der Waals surface area contributed by atoms with Crippen LogP contribution in [-0.2, 0) is 12.7 Å². The van der Waals surface area contributed by atoms with E-state index in [4.69, 9.17) is 0 Å². The van der Waals surface area contributed by atoms with Crippen molar-refractivity contribution in [2.75, 3.05) is 0 Å². The molecule has 0 radical (unpaired) electrons. The Kier molecular flexibility index (Phi) is 4.98. The number of aromatic nitrogens is 2. The SMILES string of the molecule is Cc1cc(F)ccc1-c1cc(C(=O)NCc2ccc(C(F)(F)F)cc2)[nH]n1. The number of hydrogen-bond acceptors (Lipinski definition) is 2. The summed E-state index contributed by atoms with van der Waals surface area (Å²) < 4.78 is 50.8. The van der Waals surface area contributed by atoms with Crippen molar-refractivity contribution in [3.8, 4) is 11.3 Å². The second kappa shape index (κ2) is 7.22. The predicted octanol–water partition coefficient (Wildman–Crippen LogP) is 4.47. The average Bonchev–Trinajstić information content (AvgIpc) is 3.09. The third-order valence-corrected chi connectivity index (χ3v) is 4.02. The van der Waals surface area contributed by atoms with Crippen molar-refractivity contribution in [3.63, 3.8) is 0 Å². The molecule has 0 bridgehead atoms. The number of carbonyl (C=O) groups is 1. The summed E-state index contributed by atoms with van der Waals surface area (Å²) in [6.45, 7) is 1.80. The minimum atomic E-state index is -4.40. The summed E-state index contributed by atoms with van der Waals surface area (Å²) in [7, 11) is 0. The molecule has 2 N–H and O–H groups in total. The fraction of sp³-hybridized carbons (Fsp3) is 0.158. The molecular formula is C19H15F4N3O. The lowest BCUT2D eigenvalue weighted by Crippen LogP contribution is -2.23. The number of halogens is 4. The Bertz CT molecular complexity index is 962. The van der Waals surface area contributed by atoms with Crippen molar-refractivity contribution in [2.24, 2.45) is 0 Å². The van der Waals surface area contributed by atoms with E-state index >= 15 is 0 Å². The van der Waals surface area contributed by atoms with Gasteiger partial charge in [0.05, 0.1) is 11.3 Å². The van der Waals surface area contributed by atoms with Crippen LogP contribution in [0.15, 0.2) is 48.5 Å². The van der Waals surface area contributed by atoms with E-state index in [1.54, 1.807) is 13.0 Å². The molecule has 0 fully saturated rings. The number of H-pyrrole nitrogens is 1. The Labute approximate surface area is 152 Å². The van der Waals surface area contributed by atoms with Gasteiger partial charge in [-0.3, -0.25) is 9.89 Å². The molecule has 1 heterocycles. The largest absolute Gasteiger partial charge is 0.416 e. The zero-order valence-electron chi connectivity index (χ0n) is 14.2. The van der Waals surface area contributed by atoms with E-state index in [1.165, 1.54) is 30.3 Å². The number of nitrogens with zero attached hydrogens (tertiary/aromatic N) is 1. The first kappa shape index (κ1) is 18.6. The van der Waals surface area contributed by atoms with Crippen LogP contribution >= 0.6 is 0 Å². The van der Waals surface area contributed by atoms with Crippen molar-refractivity contribution in [3.05, 3.63) is 76.7 Å². The van der Waals surface area contributed by atoms with Gasteiger partial charge in [-0.25, -0.2) is 4.39 Å². The van der Waals surface area contributed by atoms with Gasteiger partial charge >= 0.3 is 6.18 Å². The molecule has 0 aliphatic heterocycles. The lowest BCUT2D eigenvalue weighted by atomic mass is 10.1. The maximum atomic E-state index is 13.2. The van der Waals surface area contributed by atoms with Gasteiger partial charge in [0, 0.05) is 12.1 Å². The Morgan fingerprint density at radius 1 is 1.11 bits per heavy atom. The van der Waals surface area contributed by atoms with Crippen LogP contribution in [0.1, 0.15) is 27.2 Å². The second-order valence-corrected chi connectivity index (χ2v) is 6.00. The third-order valence-electron chi connectivity index (χ3n) is 4.02. The van der Waals surface area contributed by atoms with Crippen LogP contribution in [0, 0.1) is 12.7 Å². The van der Waals surface area contributed by atoms with E-state index in [2.05, 4.69) is 15.5 Å². The quantitative estimate of drug-likeness (QED) is 0.659. The van der Waals surface area contributed by atoms with Gasteiger partial charge in [0.25, 0.3) is 5.91 Å². The van der Waals surface area contributed by atoms with Crippen molar-refractivity contribution in [1.82, 2.24) is 15.5 Å². The molecule has 0 saturated carbocycles. The Morgan fingerprint density at radius 2 is 1.81 bits per heavy atom. The second-order valence-electron chi connectivity index (χ2n) is 6.00. The Balaban J connectivity index is 1.66. The molecule has 8 heteroatoms. The monoisotopic (exact) mass is 377 g/mol. The number of carbonyl (C=O) groups excluding carboxylic acids is 1. The van der Waals surface area contributed by atoms with Gasteiger partial charge < -0.3 is 5.32 Å². The van der Waals surface area contributed by atoms with Crippen LogP contribution in [0.2, 0.25) is 0 Å². The van der Waals surface area contributed by atoms with E-state index in [1.807, 2.05) is 0 Å². The molecule has 140 valence electrons. The zero-order valence-corrected chi connectivity index (χ0v) is 14.2. The average molecular weight is 377 g/mol. The van der Waals surface area contributed by atoms with Crippen molar-refractivity contribution in [2.45, 2.75) is 19.6 Å². The van der Waals surface area contributed by atoms with E-state index in [0.717, 1.165) is 12.1 Å². The summed E-state index contributed by atoms with van der Waals surface area (Å²) in [6, 6.07) is 10.3. The standard InChI is InChI=1S/C19H15F4N3O/c1-11-8-14(20)6-7-15(11)16-9-17(26-25-16)18(27)24-10-12-2-4-13(5-3-12)19(21,22)23/h2-9H,10H2,1H3,(H,24,27)(H,25,26). The highest BCUT2D eigenvalue weighted by Crippen LogP contribution is 2.29. The summed E-state index contributed by atoms with van der Waals surface area (Å²) in [5.74, 6) is -0.810. The van der Waals surface area contributed by atoms with Gasteiger partial charge in [0.15, 0.2) is 0 Å². The molecule has 3 rings (SSSR count). The minimum Gasteiger partial charge on any atom is -0.347 e. The highest BCUT2D eigenvalue weighted by Gasteiger charge is 2.29. The van der Waals surface area contributed by atoms with Crippen molar-refractivity contribution < 1.29 is 22.4 Å². The van der Waals surface area contributed by atoms with Crippen LogP contribution < -0.4 is 5.32 Å². The Morgan fingerprint density at radius 3 is 2.44 bits per heavy atom. The summed E-state index contributed by atoms with van der Waals surface area (Å²) in [5, 5.41) is 9.28. The highest BCUT2D eigenvalue weighted by atomic mass is 19.4. The summed E-state index contributed by atoms with van der Waals surface area (Å²) in [6.07, 6.45) is -4.40. The van der Waals surface area contributed by atoms with Crippen molar-refractivity contribution in [1.29, 1.82) is 0 Å². The number of rotatable bonds is 4. The van der Waals surface area contributed by atoms with Crippen LogP contribution in [0.4, 0.5) is 17.6 Å². The molecule has 4 nitrogen and oxygen atoms in total. The molecule has 0 spiro atoms. The molecule has 2 aromatic carbocycles. The Hall–Kier alpha value is -3.16. The molecule has 0 unspecified atom stereocenters. The molecule has 1 amide bonds. The third kappa shape index (κ3) is 4.33. The van der Waals surface area contributed by atoms with Gasteiger partial charge in [0.1, 0.15) is 11.5 Å². The maximum Gasteiger partial charge on any atom is 0.416 e. The normalized spacial score (nSPS) is 11.4. The minimum absolute atomic E-state index is 0.0703. The fourth-order valence-corrected chi connectivity index (χ4v) is 2.58. The van der Waals surface area contributed by atoms with Crippen LogP contribution in [-0.4, -0.2) is 16.1 Å². The van der Waals surface area contributed by atoms with E-state index < -0.39 is 17.6 Å². The molecule has 3 aromatic rings. The fourth-order valence-electron chi connectivity index (χ4n) is 2.58. The molecular weight excluding hydrogens is 362 g/mol. The first-order valence-corrected chi connectivity index (χ1v) is 8.00. The molecule has 0 aliphatic rings. The number of amides is 1. The number of aryl methyl sites for hydroxylation is 1. The number of alkyl halides is 3. The predicted molar refractivity (Wildman–Crippen MR) is 91.3 cm³/mol. The maximum absolute atomic E-state index is 13.2. The van der Waals surface area contributed by atoms with E-state index in [0.29, 0.717) is 22.4 Å². The van der Waals surface area contributed by atoms with Crippen LogP contribution in [0.5, 0.6) is 0 Å². The van der Waals surface area contributed by atoms with E-state index in [9.17, 15) is 22.4 Å². The number of nitrogens with one attached hydrogen (secondary N) is 2. The molecule has 0 saturated heterocycles. The molecule has 0 aliphatic carbocycles. The van der Waals surface area contributed by atoms with Crippen LogP contribution in [0.25, 0.3) is 11.3 Å².